The molecule has 1 fully saturated rings. The highest BCUT2D eigenvalue weighted by molar-refractivity contribution is 5.66. The van der Waals surface area contributed by atoms with Crippen LogP contribution in [0.2, 0.25) is 0 Å². The van der Waals surface area contributed by atoms with Crippen LogP contribution in [0.1, 0.15) is 17.7 Å². The molecule has 0 amide bonds. The van der Waals surface area contributed by atoms with E-state index in [0.717, 1.165) is 22.6 Å². The molecule has 0 saturated carbocycles. The van der Waals surface area contributed by atoms with Crippen molar-refractivity contribution in [2.75, 3.05) is 28.6 Å². The number of hydrogen-bond acceptors (Lipinski definition) is 7. The molecule has 32 heavy (non-hydrogen) atoms. The monoisotopic (exact) mass is 436 g/mol. The Morgan fingerprint density at radius 2 is 1.81 bits per heavy atom. The van der Waals surface area contributed by atoms with Crippen molar-refractivity contribution in [2.24, 2.45) is 0 Å². The molecular formula is C22H22F2N8. The van der Waals surface area contributed by atoms with Gasteiger partial charge in [-0.05, 0) is 37.6 Å². The molecule has 1 saturated heterocycles. The number of nitrogens with zero attached hydrogens (tertiary/aromatic N) is 6. The maximum absolute atomic E-state index is 13.8. The van der Waals surface area contributed by atoms with Crippen LogP contribution >= 0.6 is 0 Å². The maximum Gasteiger partial charge on any atom is 0.266 e. The van der Waals surface area contributed by atoms with Gasteiger partial charge in [-0.1, -0.05) is 0 Å². The van der Waals surface area contributed by atoms with E-state index in [1.165, 1.54) is 0 Å². The molecule has 0 bridgehead atoms. The molecule has 5 heterocycles. The quantitative estimate of drug-likeness (QED) is 0.478. The Balaban J connectivity index is 1.49. The standard InChI is InChI=1S/C22H22F2N8/c1-14-9-15(2)26-17(10-14)28-21-29-18(12-20(30-21)32-7-4-22(23,24)13-32)27-16-3-6-31-8-5-25-19(31)11-16/h3,5-6,8-12H,4,7,13H2,1-2H3,(H2,26,27,28,29,30). The number of nitrogens with one attached hydrogen (secondary N) is 2. The van der Waals surface area contributed by atoms with Crippen molar-refractivity contribution in [1.29, 1.82) is 0 Å². The lowest BCUT2D eigenvalue weighted by Crippen LogP contribution is -2.26. The number of imidazole rings is 1. The molecule has 0 radical (unpaired) electrons. The van der Waals surface area contributed by atoms with Gasteiger partial charge in [0.05, 0.1) is 6.54 Å². The highest BCUT2D eigenvalue weighted by Gasteiger charge is 2.39. The largest absolute Gasteiger partial charge is 0.350 e. The topological polar surface area (TPSA) is 83.3 Å². The van der Waals surface area contributed by atoms with Crippen LogP contribution in [-0.2, 0) is 0 Å². The fourth-order valence-electron chi connectivity index (χ4n) is 3.80. The molecule has 0 spiro atoms. The predicted octanol–water partition coefficient (Wildman–Crippen LogP) is 4.47. The van der Waals surface area contributed by atoms with E-state index in [0.29, 0.717) is 17.5 Å². The van der Waals surface area contributed by atoms with E-state index < -0.39 is 5.92 Å². The van der Waals surface area contributed by atoms with Crippen LogP contribution in [0, 0.1) is 13.8 Å². The van der Waals surface area contributed by atoms with Gasteiger partial charge in [-0.3, -0.25) is 0 Å². The molecule has 0 aliphatic carbocycles. The van der Waals surface area contributed by atoms with Gasteiger partial charge in [0.1, 0.15) is 23.1 Å². The van der Waals surface area contributed by atoms with Gasteiger partial charge in [0.25, 0.3) is 5.92 Å². The summed E-state index contributed by atoms with van der Waals surface area (Å²) in [6, 6.07) is 9.29. The van der Waals surface area contributed by atoms with Gasteiger partial charge >= 0.3 is 0 Å². The minimum atomic E-state index is -2.73. The number of fused-ring (bicyclic) bond motifs is 1. The number of halogens is 2. The lowest BCUT2D eigenvalue weighted by molar-refractivity contribution is 0.0256. The summed E-state index contributed by atoms with van der Waals surface area (Å²) in [5.74, 6) is -0.954. The fourth-order valence-corrected chi connectivity index (χ4v) is 3.80. The highest BCUT2D eigenvalue weighted by Crippen LogP contribution is 2.32. The van der Waals surface area contributed by atoms with E-state index in [-0.39, 0.29) is 25.5 Å². The zero-order valence-corrected chi connectivity index (χ0v) is 17.7. The average molecular weight is 436 g/mol. The Labute approximate surface area is 183 Å². The third-order valence-electron chi connectivity index (χ3n) is 5.21. The normalized spacial score (nSPS) is 15.3. The molecular weight excluding hydrogens is 414 g/mol. The Bertz CT molecular complexity index is 1270. The molecule has 8 nitrogen and oxygen atoms in total. The van der Waals surface area contributed by atoms with E-state index >= 15 is 0 Å². The summed E-state index contributed by atoms with van der Waals surface area (Å²) < 4.78 is 29.6. The Hall–Kier alpha value is -3.82. The third kappa shape index (κ3) is 4.29. The lowest BCUT2D eigenvalue weighted by atomic mass is 10.2. The minimum Gasteiger partial charge on any atom is -0.350 e. The lowest BCUT2D eigenvalue weighted by Gasteiger charge is -2.19. The summed E-state index contributed by atoms with van der Waals surface area (Å²) >= 11 is 0. The molecule has 0 atom stereocenters. The van der Waals surface area contributed by atoms with Gasteiger partial charge < -0.3 is 19.9 Å². The van der Waals surface area contributed by atoms with Crippen LogP contribution in [0.3, 0.4) is 0 Å². The van der Waals surface area contributed by atoms with Crippen molar-refractivity contribution in [1.82, 2.24) is 24.3 Å². The number of aromatic nitrogens is 5. The van der Waals surface area contributed by atoms with Crippen molar-refractivity contribution in [3.05, 3.63) is 60.2 Å². The number of aryl methyl sites for hydroxylation is 2. The van der Waals surface area contributed by atoms with Gasteiger partial charge in [-0.2, -0.15) is 9.97 Å². The van der Waals surface area contributed by atoms with Gasteiger partial charge in [0, 0.05) is 55.1 Å². The molecule has 4 aromatic rings. The Morgan fingerprint density at radius 1 is 0.969 bits per heavy atom. The molecule has 164 valence electrons. The summed E-state index contributed by atoms with van der Waals surface area (Å²) in [5, 5.41) is 6.36. The van der Waals surface area contributed by atoms with Crippen LogP contribution in [0.25, 0.3) is 5.65 Å². The van der Waals surface area contributed by atoms with Crippen molar-refractivity contribution in [2.45, 2.75) is 26.2 Å². The third-order valence-corrected chi connectivity index (χ3v) is 5.21. The highest BCUT2D eigenvalue weighted by atomic mass is 19.3. The van der Waals surface area contributed by atoms with Crippen LogP contribution < -0.4 is 15.5 Å². The molecule has 10 heteroatoms. The number of pyridine rings is 2. The van der Waals surface area contributed by atoms with Crippen molar-refractivity contribution < 1.29 is 8.78 Å². The first-order valence-corrected chi connectivity index (χ1v) is 10.3. The van der Waals surface area contributed by atoms with Crippen molar-refractivity contribution in [3.8, 4) is 0 Å². The van der Waals surface area contributed by atoms with E-state index in [9.17, 15) is 8.78 Å². The first-order valence-electron chi connectivity index (χ1n) is 10.3. The molecule has 0 aromatic carbocycles. The molecule has 0 unspecified atom stereocenters. The van der Waals surface area contributed by atoms with Crippen LogP contribution in [0.4, 0.5) is 37.9 Å². The van der Waals surface area contributed by atoms with E-state index in [1.54, 1.807) is 17.2 Å². The predicted molar refractivity (Wildman–Crippen MR) is 119 cm³/mol. The second kappa shape index (κ2) is 7.70. The average Bonchev–Trinajstić information content (AvgIpc) is 3.32. The Morgan fingerprint density at radius 3 is 2.59 bits per heavy atom. The number of rotatable bonds is 5. The maximum atomic E-state index is 13.8. The smallest absolute Gasteiger partial charge is 0.266 e. The fraction of sp³-hybridized carbons (Fsp3) is 0.273. The van der Waals surface area contributed by atoms with Crippen LogP contribution in [-0.4, -0.2) is 43.3 Å². The summed E-state index contributed by atoms with van der Waals surface area (Å²) in [5.41, 5.74) is 3.45. The number of anilines is 5. The number of hydrogen-bond donors (Lipinski definition) is 2. The van der Waals surface area contributed by atoms with E-state index in [4.69, 9.17) is 0 Å². The molecule has 2 N–H and O–H groups in total. The van der Waals surface area contributed by atoms with Gasteiger partial charge in [-0.15, -0.1) is 0 Å². The first kappa shape index (κ1) is 20.1. The zero-order chi connectivity index (χ0) is 22.3. The number of alkyl halides is 2. The minimum absolute atomic E-state index is 0.197. The van der Waals surface area contributed by atoms with Crippen LogP contribution in [0.5, 0.6) is 0 Å². The van der Waals surface area contributed by atoms with Crippen molar-refractivity contribution >= 4 is 34.7 Å². The second-order valence-corrected chi connectivity index (χ2v) is 7.99. The van der Waals surface area contributed by atoms with Crippen molar-refractivity contribution in [3.63, 3.8) is 0 Å². The van der Waals surface area contributed by atoms with Gasteiger partial charge in [0.2, 0.25) is 5.95 Å². The first-order chi connectivity index (χ1) is 15.3. The van der Waals surface area contributed by atoms with Gasteiger partial charge in [-0.25, -0.2) is 18.7 Å². The Kier molecular flexibility index (Phi) is 4.84. The molecule has 4 aromatic heterocycles. The zero-order valence-electron chi connectivity index (χ0n) is 17.7. The van der Waals surface area contributed by atoms with Gasteiger partial charge in [0.15, 0.2) is 0 Å². The molecule has 1 aliphatic heterocycles. The van der Waals surface area contributed by atoms with E-state index in [1.807, 2.05) is 54.9 Å². The molecule has 5 rings (SSSR count). The van der Waals surface area contributed by atoms with E-state index in [2.05, 4.69) is 30.6 Å². The second-order valence-electron chi connectivity index (χ2n) is 7.99. The SMILES string of the molecule is Cc1cc(C)nc(Nc2nc(Nc3ccn4ccnc4c3)cc(N3CCC(F)(F)C3)n2)c1. The summed E-state index contributed by atoms with van der Waals surface area (Å²) in [7, 11) is 0. The summed E-state index contributed by atoms with van der Waals surface area (Å²) in [4.78, 5) is 19.4. The van der Waals surface area contributed by atoms with Crippen LogP contribution in [0.15, 0.2) is 48.9 Å². The molecule has 1 aliphatic rings. The summed E-state index contributed by atoms with van der Waals surface area (Å²) in [6.45, 7) is 3.73. The summed E-state index contributed by atoms with van der Waals surface area (Å²) in [6.07, 6.45) is 5.26.